The largest absolute Gasteiger partial charge is 0.446 e. The summed E-state index contributed by atoms with van der Waals surface area (Å²) < 4.78 is 16.8. The van der Waals surface area contributed by atoms with E-state index in [1.165, 1.54) is 6.08 Å². The van der Waals surface area contributed by atoms with Gasteiger partial charge in [-0.05, 0) is 42.9 Å². The summed E-state index contributed by atoms with van der Waals surface area (Å²) in [5.41, 5.74) is 0.900. The zero-order valence-corrected chi connectivity index (χ0v) is 16.6. The van der Waals surface area contributed by atoms with Crippen molar-refractivity contribution in [3.8, 4) is 0 Å². The van der Waals surface area contributed by atoms with Crippen LogP contribution in [-0.4, -0.2) is 81.7 Å². The van der Waals surface area contributed by atoms with Crippen molar-refractivity contribution >= 4 is 11.8 Å². The van der Waals surface area contributed by atoms with Crippen LogP contribution in [0.4, 0.5) is 0 Å². The molecule has 0 aromatic rings. The minimum absolute atomic E-state index is 0.108. The zero-order valence-electron chi connectivity index (χ0n) is 16.6. The highest BCUT2D eigenvalue weighted by molar-refractivity contribution is 6.11. The highest BCUT2D eigenvalue weighted by Crippen LogP contribution is 2.51. The minimum Gasteiger partial charge on any atom is -0.446 e. The van der Waals surface area contributed by atoms with E-state index >= 15 is 0 Å². The van der Waals surface area contributed by atoms with E-state index in [0.717, 1.165) is 0 Å². The van der Waals surface area contributed by atoms with Crippen LogP contribution >= 0.6 is 0 Å². The predicted octanol–water partition coefficient (Wildman–Crippen LogP) is -0.720. The molecule has 2 aliphatic heterocycles. The summed E-state index contributed by atoms with van der Waals surface area (Å²) in [5.74, 6) is -0.886. The van der Waals surface area contributed by atoms with Crippen molar-refractivity contribution in [3.63, 3.8) is 0 Å². The van der Waals surface area contributed by atoms with E-state index in [4.69, 9.17) is 14.2 Å². The topological polar surface area (TPSA) is 143 Å². The lowest BCUT2D eigenvalue weighted by Crippen LogP contribution is -2.59. The van der Waals surface area contributed by atoms with E-state index in [0.29, 0.717) is 41.6 Å². The molecule has 2 bridgehead atoms. The highest BCUT2D eigenvalue weighted by atomic mass is 16.7. The number of fused-ring (bicyclic) bond motifs is 1. The van der Waals surface area contributed by atoms with Gasteiger partial charge < -0.3 is 34.6 Å². The van der Waals surface area contributed by atoms with Gasteiger partial charge >= 0.3 is 5.97 Å². The highest BCUT2D eigenvalue weighted by Gasteiger charge is 2.55. The first-order chi connectivity index (χ1) is 14.2. The van der Waals surface area contributed by atoms with Gasteiger partial charge in [-0.25, -0.2) is 4.79 Å². The maximum Gasteiger partial charge on any atom is 0.334 e. The summed E-state index contributed by atoms with van der Waals surface area (Å²) in [6, 6.07) is 0. The number of aliphatic hydroxyl groups is 4. The van der Waals surface area contributed by atoms with Crippen LogP contribution in [0.1, 0.15) is 26.2 Å². The molecule has 0 aromatic heterocycles. The molecule has 2 saturated heterocycles. The molecule has 0 unspecified atom stereocenters. The molecule has 0 aromatic carbocycles. The number of allylic oxidation sites excluding steroid dienone is 1. The molecule has 4 N–H and O–H groups in total. The summed E-state index contributed by atoms with van der Waals surface area (Å²) in [6.07, 6.45) is -4.02. The van der Waals surface area contributed by atoms with E-state index in [9.17, 15) is 30.0 Å². The summed E-state index contributed by atoms with van der Waals surface area (Å²) in [4.78, 5) is 25.2. The Morgan fingerprint density at radius 2 is 1.97 bits per heavy atom. The van der Waals surface area contributed by atoms with Crippen molar-refractivity contribution in [2.24, 2.45) is 5.92 Å². The fourth-order valence-corrected chi connectivity index (χ4v) is 4.82. The maximum absolute atomic E-state index is 12.8. The second-order valence-corrected chi connectivity index (χ2v) is 8.36. The Balaban J connectivity index is 1.61. The number of carbonyl (C=O) groups is 2. The van der Waals surface area contributed by atoms with Gasteiger partial charge in [0.25, 0.3) is 0 Å². The summed E-state index contributed by atoms with van der Waals surface area (Å²) >= 11 is 0. The van der Waals surface area contributed by atoms with Gasteiger partial charge in [0.1, 0.15) is 24.4 Å². The molecule has 0 radical (unpaired) electrons. The first kappa shape index (κ1) is 21.4. The van der Waals surface area contributed by atoms with Gasteiger partial charge in [-0.15, -0.1) is 0 Å². The third kappa shape index (κ3) is 3.17. The zero-order chi connectivity index (χ0) is 21.8. The van der Waals surface area contributed by atoms with Gasteiger partial charge in [0.05, 0.1) is 13.2 Å². The van der Waals surface area contributed by atoms with Gasteiger partial charge in [0.15, 0.2) is 17.7 Å². The molecule has 1 spiro atoms. The van der Waals surface area contributed by atoms with Crippen LogP contribution in [0.2, 0.25) is 0 Å². The number of ketones is 1. The van der Waals surface area contributed by atoms with Gasteiger partial charge in [-0.1, -0.05) is 6.58 Å². The fourth-order valence-electron chi connectivity index (χ4n) is 4.82. The number of ether oxygens (including phenoxy) is 3. The molecule has 2 heterocycles. The SMILES string of the molecule is C=C1C(=O)O[C@]23C[C@H]1CCC(CO[C@H]1O[C@@H](CO)[C@H](O)[C@@H](O)[C@@H]1O)=C2C(=O)C=C3C. The molecule has 7 atom stereocenters. The van der Waals surface area contributed by atoms with Crippen LogP contribution in [0.5, 0.6) is 0 Å². The van der Waals surface area contributed by atoms with Crippen molar-refractivity contribution in [1.82, 2.24) is 0 Å². The smallest absolute Gasteiger partial charge is 0.334 e. The lowest BCUT2D eigenvalue weighted by atomic mass is 9.78. The molecule has 2 fully saturated rings. The summed E-state index contributed by atoms with van der Waals surface area (Å²) in [5, 5.41) is 39.4. The molecule has 0 amide bonds. The number of rotatable bonds is 4. The lowest BCUT2D eigenvalue weighted by molar-refractivity contribution is -0.299. The van der Waals surface area contributed by atoms with Crippen molar-refractivity contribution in [3.05, 3.63) is 34.9 Å². The first-order valence-corrected chi connectivity index (χ1v) is 9.99. The molecule has 2 aliphatic carbocycles. The monoisotopic (exact) mass is 422 g/mol. The number of carbonyl (C=O) groups excluding carboxylic acids is 2. The summed E-state index contributed by atoms with van der Waals surface area (Å²) in [6.45, 7) is 4.92. The molecular formula is C21H26O9. The van der Waals surface area contributed by atoms with Crippen LogP contribution in [0.15, 0.2) is 34.9 Å². The minimum atomic E-state index is -1.56. The lowest BCUT2D eigenvalue weighted by Gasteiger charge is -2.40. The van der Waals surface area contributed by atoms with Gasteiger partial charge in [-0.2, -0.15) is 0 Å². The Bertz CT molecular complexity index is 841. The van der Waals surface area contributed by atoms with E-state index in [1.54, 1.807) is 6.92 Å². The van der Waals surface area contributed by atoms with E-state index in [-0.39, 0.29) is 18.3 Å². The van der Waals surface area contributed by atoms with Crippen LogP contribution in [0, 0.1) is 5.92 Å². The average Bonchev–Trinajstić information content (AvgIpc) is 2.86. The predicted molar refractivity (Wildman–Crippen MR) is 101 cm³/mol. The molecule has 0 saturated carbocycles. The van der Waals surface area contributed by atoms with Gasteiger partial charge in [0, 0.05) is 17.6 Å². The maximum atomic E-state index is 12.8. The Labute approximate surface area is 173 Å². The van der Waals surface area contributed by atoms with Crippen LogP contribution < -0.4 is 0 Å². The van der Waals surface area contributed by atoms with E-state index < -0.39 is 48.9 Å². The molecule has 9 heteroatoms. The standard InChI is InChI=1S/C21H26O9/c1-9-5-13(23)15-12(4-3-11-6-21(9,15)30-19(27)10(11)2)8-28-20-18(26)17(25)16(24)14(7-22)29-20/h5,11,14,16-18,20,22,24-26H,2-4,6-8H2,1H3/t11-,14+,16+,17-,18+,20+,21+/m1/s1. The molecule has 4 rings (SSSR count). The molecule has 9 nitrogen and oxygen atoms in total. The number of aliphatic hydroxyl groups excluding tert-OH is 4. The van der Waals surface area contributed by atoms with Crippen molar-refractivity contribution in [1.29, 1.82) is 0 Å². The van der Waals surface area contributed by atoms with Crippen LogP contribution in [0.25, 0.3) is 0 Å². The number of hydrogen-bond donors (Lipinski definition) is 4. The Morgan fingerprint density at radius 1 is 1.23 bits per heavy atom. The first-order valence-electron chi connectivity index (χ1n) is 9.99. The third-order valence-electron chi connectivity index (χ3n) is 6.61. The molecule has 164 valence electrons. The van der Waals surface area contributed by atoms with Crippen molar-refractivity contribution in [2.75, 3.05) is 13.2 Å². The van der Waals surface area contributed by atoms with Crippen LogP contribution in [-0.2, 0) is 23.8 Å². The van der Waals surface area contributed by atoms with Crippen molar-refractivity contribution in [2.45, 2.75) is 62.5 Å². The third-order valence-corrected chi connectivity index (χ3v) is 6.61. The Hall–Kier alpha value is -1.88. The van der Waals surface area contributed by atoms with Crippen molar-refractivity contribution < 1.29 is 44.2 Å². The second kappa shape index (κ2) is 7.67. The molecule has 30 heavy (non-hydrogen) atoms. The summed E-state index contributed by atoms with van der Waals surface area (Å²) in [7, 11) is 0. The quantitative estimate of drug-likeness (QED) is 0.341. The molecule has 4 aliphatic rings. The van der Waals surface area contributed by atoms with E-state index in [1.807, 2.05) is 0 Å². The number of esters is 1. The average molecular weight is 422 g/mol. The second-order valence-electron chi connectivity index (χ2n) is 8.36. The molecular weight excluding hydrogens is 396 g/mol. The number of hydrogen-bond acceptors (Lipinski definition) is 9. The van der Waals surface area contributed by atoms with Gasteiger partial charge in [0.2, 0.25) is 0 Å². The fraction of sp³-hybridized carbons (Fsp3) is 0.619. The Morgan fingerprint density at radius 3 is 2.67 bits per heavy atom. The van der Waals surface area contributed by atoms with E-state index in [2.05, 4.69) is 6.58 Å². The van der Waals surface area contributed by atoms with Gasteiger partial charge in [-0.3, -0.25) is 4.79 Å². The van der Waals surface area contributed by atoms with Crippen LogP contribution in [0.3, 0.4) is 0 Å². The normalized spacial score (nSPS) is 41.4. The Kier molecular flexibility index (Phi) is 5.46.